The summed E-state index contributed by atoms with van der Waals surface area (Å²) < 4.78 is 10.8. The molecule has 0 saturated carbocycles. The Morgan fingerprint density at radius 1 is 1.25 bits per heavy atom. The minimum atomic E-state index is 0.115. The number of halogens is 1. The Morgan fingerprint density at radius 2 is 1.95 bits per heavy atom. The topological polar surface area (TPSA) is 54.0 Å². The van der Waals surface area contributed by atoms with Gasteiger partial charge in [0.1, 0.15) is 0 Å². The lowest BCUT2D eigenvalue weighted by atomic mass is 10.0. The van der Waals surface area contributed by atoms with E-state index < -0.39 is 0 Å². The molecule has 1 fully saturated rings. The van der Waals surface area contributed by atoms with Gasteiger partial charge in [-0.2, -0.15) is 0 Å². The fraction of sp³-hybridized carbons (Fsp3) is 0.571. The van der Waals surface area contributed by atoms with E-state index in [2.05, 4.69) is 10.2 Å². The number of ether oxygens (including phenoxy) is 2. The highest BCUT2D eigenvalue weighted by atomic mass is 35.5. The first-order valence-electron chi connectivity index (χ1n) is 6.94. The molecule has 1 aromatic carbocycles. The molecule has 110 valence electrons. The van der Waals surface area contributed by atoms with Crippen LogP contribution in [0, 0.1) is 0 Å². The normalized spacial score (nSPS) is 20.1. The molecule has 0 radical (unpaired) electrons. The van der Waals surface area contributed by atoms with Crippen LogP contribution in [0.15, 0.2) is 12.1 Å². The minimum Gasteiger partial charge on any atom is -0.454 e. The van der Waals surface area contributed by atoms with Crippen molar-refractivity contribution in [3.8, 4) is 11.5 Å². The van der Waals surface area contributed by atoms with Gasteiger partial charge in [-0.15, -0.1) is 0 Å². The van der Waals surface area contributed by atoms with Crippen LogP contribution in [-0.4, -0.2) is 49.6 Å². The van der Waals surface area contributed by atoms with Gasteiger partial charge in [0.25, 0.3) is 0 Å². The number of fused-ring (bicyclic) bond motifs is 1. The summed E-state index contributed by atoms with van der Waals surface area (Å²) in [4.78, 5) is 2.36. The van der Waals surface area contributed by atoms with Crippen LogP contribution < -0.4 is 14.8 Å². The van der Waals surface area contributed by atoms with Crippen LogP contribution in [0.4, 0.5) is 0 Å². The Bertz CT molecular complexity index is 478. The second-order valence-corrected chi connectivity index (χ2v) is 5.45. The van der Waals surface area contributed by atoms with Gasteiger partial charge in [0, 0.05) is 49.9 Å². The van der Waals surface area contributed by atoms with Crippen LogP contribution in [0.3, 0.4) is 0 Å². The van der Waals surface area contributed by atoms with Crippen LogP contribution in [0.5, 0.6) is 11.5 Å². The van der Waals surface area contributed by atoms with E-state index in [-0.39, 0.29) is 19.4 Å². The molecule has 2 aliphatic rings. The zero-order valence-electron chi connectivity index (χ0n) is 11.3. The Labute approximate surface area is 123 Å². The molecule has 2 N–H and O–H groups in total. The number of rotatable bonds is 4. The number of aliphatic hydroxyl groups is 1. The highest BCUT2D eigenvalue weighted by Gasteiger charge is 2.26. The summed E-state index contributed by atoms with van der Waals surface area (Å²) >= 11 is 6.40. The van der Waals surface area contributed by atoms with Gasteiger partial charge in [0.2, 0.25) is 6.79 Å². The summed E-state index contributed by atoms with van der Waals surface area (Å²) in [5, 5.41) is 13.4. The average molecular weight is 299 g/mol. The Kier molecular flexibility index (Phi) is 4.31. The molecule has 1 atom stereocenters. The summed E-state index contributed by atoms with van der Waals surface area (Å²) in [5.74, 6) is 1.43. The molecule has 1 aromatic rings. The third-order valence-corrected chi connectivity index (χ3v) is 4.17. The number of nitrogens with zero attached hydrogens (tertiary/aromatic N) is 1. The number of aliphatic hydroxyl groups excluding tert-OH is 1. The summed E-state index contributed by atoms with van der Waals surface area (Å²) in [6, 6.07) is 3.88. The standard InChI is InChI=1S/C14H19ClN2O3/c15-11-8-14-13(19-9-20-14)7-10(11)12(1-6-18)17-4-2-16-3-5-17/h7-8,12,16,18H,1-6,9H2/t12-/m1/s1. The monoisotopic (exact) mass is 298 g/mol. The molecule has 0 unspecified atom stereocenters. The van der Waals surface area contributed by atoms with Gasteiger partial charge in [0.15, 0.2) is 11.5 Å². The van der Waals surface area contributed by atoms with E-state index in [1.807, 2.05) is 12.1 Å². The molecule has 0 aromatic heterocycles. The number of benzene rings is 1. The van der Waals surface area contributed by atoms with Crippen molar-refractivity contribution < 1.29 is 14.6 Å². The predicted octanol–water partition coefficient (Wildman–Crippen LogP) is 1.40. The molecular weight excluding hydrogens is 280 g/mol. The maximum atomic E-state index is 9.37. The molecule has 0 bridgehead atoms. The van der Waals surface area contributed by atoms with Crippen molar-refractivity contribution in [2.45, 2.75) is 12.5 Å². The SMILES string of the molecule is OCC[C@H](c1cc2c(cc1Cl)OCO2)N1CCNCC1. The van der Waals surface area contributed by atoms with Crippen molar-refractivity contribution in [2.24, 2.45) is 0 Å². The van der Waals surface area contributed by atoms with Crippen LogP contribution in [-0.2, 0) is 0 Å². The molecule has 5 nitrogen and oxygen atoms in total. The first-order chi connectivity index (χ1) is 9.79. The Morgan fingerprint density at radius 3 is 2.65 bits per heavy atom. The fourth-order valence-electron chi connectivity index (χ4n) is 2.84. The molecule has 0 spiro atoms. The van der Waals surface area contributed by atoms with E-state index in [1.165, 1.54) is 0 Å². The second-order valence-electron chi connectivity index (χ2n) is 5.04. The van der Waals surface area contributed by atoms with E-state index in [0.29, 0.717) is 17.2 Å². The van der Waals surface area contributed by atoms with E-state index in [4.69, 9.17) is 21.1 Å². The molecule has 0 aliphatic carbocycles. The number of hydrogen-bond donors (Lipinski definition) is 2. The zero-order valence-corrected chi connectivity index (χ0v) is 12.0. The third kappa shape index (κ3) is 2.72. The lowest BCUT2D eigenvalue weighted by Gasteiger charge is -2.35. The van der Waals surface area contributed by atoms with Gasteiger partial charge >= 0.3 is 0 Å². The molecule has 0 amide bonds. The minimum absolute atomic E-state index is 0.115. The summed E-state index contributed by atoms with van der Waals surface area (Å²) in [6.07, 6.45) is 0.666. The smallest absolute Gasteiger partial charge is 0.231 e. The first-order valence-corrected chi connectivity index (χ1v) is 7.32. The van der Waals surface area contributed by atoms with E-state index in [1.54, 1.807) is 0 Å². The largest absolute Gasteiger partial charge is 0.454 e. The van der Waals surface area contributed by atoms with Crippen molar-refractivity contribution in [1.29, 1.82) is 0 Å². The van der Waals surface area contributed by atoms with Crippen LogP contribution in [0.1, 0.15) is 18.0 Å². The highest BCUT2D eigenvalue weighted by Crippen LogP contribution is 2.41. The summed E-state index contributed by atoms with van der Waals surface area (Å²) in [6.45, 7) is 4.21. The van der Waals surface area contributed by atoms with Crippen molar-refractivity contribution in [1.82, 2.24) is 10.2 Å². The summed E-state index contributed by atoms with van der Waals surface area (Å²) in [7, 11) is 0. The lowest BCUT2D eigenvalue weighted by molar-refractivity contribution is 0.141. The van der Waals surface area contributed by atoms with Gasteiger partial charge in [-0.3, -0.25) is 4.90 Å². The molecule has 2 aliphatic heterocycles. The molecule has 3 rings (SSSR count). The lowest BCUT2D eigenvalue weighted by Crippen LogP contribution is -2.45. The zero-order chi connectivity index (χ0) is 13.9. The number of nitrogens with one attached hydrogen (secondary N) is 1. The van der Waals surface area contributed by atoms with Gasteiger partial charge in [-0.05, 0) is 18.1 Å². The molecule has 1 saturated heterocycles. The van der Waals surface area contributed by atoms with Gasteiger partial charge in [-0.1, -0.05) is 11.6 Å². The van der Waals surface area contributed by atoms with E-state index >= 15 is 0 Å². The average Bonchev–Trinajstić information content (AvgIpc) is 2.92. The Balaban J connectivity index is 1.90. The first kappa shape index (κ1) is 13.9. The van der Waals surface area contributed by atoms with Crippen molar-refractivity contribution in [2.75, 3.05) is 39.6 Å². The predicted molar refractivity (Wildman–Crippen MR) is 76.5 cm³/mol. The number of piperazine rings is 1. The van der Waals surface area contributed by atoms with Crippen LogP contribution in [0.25, 0.3) is 0 Å². The van der Waals surface area contributed by atoms with Gasteiger partial charge < -0.3 is 19.9 Å². The van der Waals surface area contributed by atoms with Crippen LogP contribution in [0.2, 0.25) is 5.02 Å². The third-order valence-electron chi connectivity index (χ3n) is 3.85. The molecular formula is C14H19ClN2O3. The molecule has 20 heavy (non-hydrogen) atoms. The van der Waals surface area contributed by atoms with Crippen molar-refractivity contribution >= 4 is 11.6 Å². The van der Waals surface area contributed by atoms with E-state index in [9.17, 15) is 5.11 Å². The quantitative estimate of drug-likeness (QED) is 0.880. The van der Waals surface area contributed by atoms with E-state index in [0.717, 1.165) is 37.5 Å². The molecule has 6 heteroatoms. The maximum Gasteiger partial charge on any atom is 0.231 e. The number of hydrogen-bond acceptors (Lipinski definition) is 5. The van der Waals surface area contributed by atoms with Crippen molar-refractivity contribution in [3.63, 3.8) is 0 Å². The Hall–Kier alpha value is -1.01. The highest BCUT2D eigenvalue weighted by molar-refractivity contribution is 6.31. The summed E-state index contributed by atoms with van der Waals surface area (Å²) in [5.41, 5.74) is 1.01. The fourth-order valence-corrected chi connectivity index (χ4v) is 3.12. The maximum absolute atomic E-state index is 9.37. The second kappa shape index (κ2) is 6.18. The molecule has 2 heterocycles. The van der Waals surface area contributed by atoms with Crippen molar-refractivity contribution in [3.05, 3.63) is 22.7 Å². The van der Waals surface area contributed by atoms with Crippen LogP contribution >= 0.6 is 11.6 Å². The van der Waals surface area contributed by atoms with Gasteiger partial charge in [-0.25, -0.2) is 0 Å². The van der Waals surface area contributed by atoms with Gasteiger partial charge in [0.05, 0.1) is 0 Å².